The van der Waals surface area contributed by atoms with Crippen molar-refractivity contribution in [2.24, 2.45) is 5.92 Å². The first-order valence-electron chi connectivity index (χ1n) is 8.97. The molecular weight excluding hydrogens is 340 g/mol. The molecule has 0 spiro atoms. The molecule has 0 fully saturated rings. The molecule has 0 atom stereocenters. The summed E-state index contributed by atoms with van der Waals surface area (Å²) in [5.74, 6) is 0.522. The number of carbonyl (C=O) groups is 1. The lowest BCUT2D eigenvalue weighted by molar-refractivity contribution is 0.103. The average Bonchev–Trinajstić information content (AvgIpc) is 2.59. The summed E-state index contributed by atoms with van der Waals surface area (Å²) in [7, 11) is 0. The second-order valence-corrected chi connectivity index (χ2v) is 8.37. The number of hydrogen-bond donors (Lipinski definition) is 2. The lowest BCUT2D eigenvalue weighted by atomic mass is 9.86. The average molecular weight is 369 g/mol. The van der Waals surface area contributed by atoms with Crippen LogP contribution < -0.4 is 10.6 Å². The number of nitrogens with one attached hydrogen (secondary N) is 2. The van der Waals surface area contributed by atoms with Gasteiger partial charge in [-0.05, 0) is 41.2 Å². The molecule has 4 heteroatoms. The van der Waals surface area contributed by atoms with Crippen molar-refractivity contribution < 1.29 is 4.79 Å². The normalized spacial score (nSPS) is 11.3. The van der Waals surface area contributed by atoms with Crippen LogP contribution in [0.15, 0.2) is 48.5 Å². The maximum Gasteiger partial charge on any atom is 0.193 e. The molecule has 0 unspecified atom stereocenters. The molecule has 2 aromatic rings. The van der Waals surface area contributed by atoms with Crippen LogP contribution in [0.1, 0.15) is 56.1 Å². The lowest BCUT2D eigenvalue weighted by Crippen LogP contribution is -2.31. The summed E-state index contributed by atoms with van der Waals surface area (Å²) in [5, 5.41) is 6.88. The van der Waals surface area contributed by atoms with Crippen LogP contribution in [0, 0.1) is 5.92 Å². The van der Waals surface area contributed by atoms with E-state index in [0.717, 1.165) is 12.2 Å². The molecule has 0 radical (unpaired) electrons. The number of rotatable bonds is 5. The SMILES string of the molecule is CC(C)CNC(=S)Nc1cccc(C(=O)c2ccc(C(C)(C)C)cc2)c1. The maximum absolute atomic E-state index is 12.8. The van der Waals surface area contributed by atoms with E-state index in [4.69, 9.17) is 12.2 Å². The summed E-state index contributed by atoms with van der Waals surface area (Å²) in [6.45, 7) is 11.5. The number of hydrogen-bond acceptors (Lipinski definition) is 2. The molecule has 0 saturated carbocycles. The Morgan fingerprint density at radius 1 is 1.04 bits per heavy atom. The molecule has 0 heterocycles. The fraction of sp³-hybridized carbons (Fsp3) is 0.364. The van der Waals surface area contributed by atoms with Crippen LogP contribution in [0.25, 0.3) is 0 Å². The minimum atomic E-state index is 0.00941. The largest absolute Gasteiger partial charge is 0.362 e. The van der Waals surface area contributed by atoms with Crippen molar-refractivity contribution in [1.82, 2.24) is 5.32 Å². The Morgan fingerprint density at radius 3 is 2.27 bits per heavy atom. The first-order chi connectivity index (χ1) is 12.2. The Hall–Kier alpha value is -2.20. The van der Waals surface area contributed by atoms with E-state index in [1.807, 2.05) is 48.5 Å². The van der Waals surface area contributed by atoms with Gasteiger partial charge in [0, 0.05) is 23.4 Å². The van der Waals surface area contributed by atoms with Crippen LogP contribution in [-0.2, 0) is 5.41 Å². The predicted octanol–water partition coefficient (Wildman–Crippen LogP) is 5.16. The van der Waals surface area contributed by atoms with Crippen LogP contribution in [0.4, 0.5) is 5.69 Å². The molecule has 0 aliphatic rings. The summed E-state index contributed by atoms with van der Waals surface area (Å²) in [6.07, 6.45) is 0. The van der Waals surface area contributed by atoms with E-state index >= 15 is 0 Å². The topological polar surface area (TPSA) is 41.1 Å². The zero-order valence-corrected chi connectivity index (χ0v) is 17.0. The van der Waals surface area contributed by atoms with Gasteiger partial charge in [0.15, 0.2) is 10.9 Å². The smallest absolute Gasteiger partial charge is 0.193 e. The van der Waals surface area contributed by atoms with Crippen LogP contribution >= 0.6 is 12.2 Å². The van der Waals surface area contributed by atoms with Crippen LogP contribution in [-0.4, -0.2) is 17.4 Å². The molecule has 0 amide bonds. The van der Waals surface area contributed by atoms with Gasteiger partial charge >= 0.3 is 0 Å². The second kappa shape index (κ2) is 8.45. The van der Waals surface area contributed by atoms with Crippen molar-refractivity contribution in [2.45, 2.75) is 40.0 Å². The fourth-order valence-corrected chi connectivity index (χ4v) is 2.70. The Balaban J connectivity index is 2.11. The minimum absolute atomic E-state index is 0.00941. The van der Waals surface area contributed by atoms with Gasteiger partial charge in [-0.1, -0.05) is 71.0 Å². The first kappa shape index (κ1) is 20.1. The molecule has 2 N–H and O–H groups in total. The molecule has 26 heavy (non-hydrogen) atoms. The van der Waals surface area contributed by atoms with E-state index < -0.39 is 0 Å². The van der Waals surface area contributed by atoms with Gasteiger partial charge in [0.25, 0.3) is 0 Å². The van der Waals surface area contributed by atoms with E-state index in [0.29, 0.717) is 22.2 Å². The van der Waals surface area contributed by atoms with Gasteiger partial charge in [-0.15, -0.1) is 0 Å². The van der Waals surface area contributed by atoms with Crippen molar-refractivity contribution in [3.05, 3.63) is 65.2 Å². The number of carbonyl (C=O) groups excluding carboxylic acids is 1. The molecule has 3 nitrogen and oxygen atoms in total. The third kappa shape index (κ3) is 5.67. The Kier molecular flexibility index (Phi) is 6.54. The highest BCUT2D eigenvalue weighted by Crippen LogP contribution is 2.23. The Labute approximate surface area is 162 Å². The van der Waals surface area contributed by atoms with Gasteiger partial charge in [0.05, 0.1) is 0 Å². The fourth-order valence-electron chi connectivity index (χ4n) is 2.50. The number of benzene rings is 2. The predicted molar refractivity (Wildman–Crippen MR) is 114 cm³/mol. The van der Waals surface area contributed by atoms with Crippen LogP contribution in [0.5, 0.6) is 0 Å². The molecule has 0 saturated heterocycles. The van der Waals surface area contributed by atoms with Crippen molar-refractivity contribution in [3.8, 4) is 0 Å². The highest BCUT2D eigenvalue weighted by Gasteiger charge is 2.15. The lowest BCUT2D eigenvalue weighted by Gasteiger charge is -2.19. The first-order valence-corrected chi connectivity index (χ1v) is 9.38. The van der Waals surface area contributed by atoms with E-state index in [1.54, 1.807) is 0 Å². The number of anilines is 1. The molecular formula is C22H28N2OS. The molecule has 0 aliphatic heterocycles. The molecule has 2 aromatic carbocycles. The van der Waals surface area contributed by atoms with Gasteiger partial charge in [-0.3, -0.25) is 4.79 Å². The van der Waals surface area contributed by atoms with E-state index in [2.05, 4.69) is 45.3 Å². The van der Waals surface area contributed by atoms with Gasteiger partial charge in [0.2, 0.25) is 0 Å². The zero-order chi connectivity index (χ0) is 19.3. The van der Waals surface area contributed by atoms with Crippen LogP contribution in [0.2, 0.25) is 0 Å². The van der Waals surface area contributed by atoms with E-state index in [1.165, 1.54) is 5.56 Å². The van der Waals surface area contributed by atoms with Gasteiger partial charge < -0.3 is 10.6 Å². The Morgan fingerprint density at radius 2 is 1.69 bits per heavy atom. The second-order valence-electron chi connectivity index (χ2n) is 7.97. The zero-order valence-electron chi connectivity index (χ0n) is 16.2. The van der Waals surface area contributed by atoms with Crippen molar-refractivity contribution in [1.29, 1.82) is 0 Å². The quantitative estimate of drug-likeness (QED) is 0.565. The van der Waals surface area contributed by atoms with E-state index in [-0.39, 0.29) is 11.2 Å². The molecule has 0 aliphatic carbocycles. The maximum atomic E-state index is 12.8. The standard InChI is InChI=1S/C22H28N2OS/c1-15(2)14-23-21(26)24-19-8-6-7-17(13-19)20(25)16-9-11-18(12-10-16)22(3,4)5/h6-13,15H,14H2,1-5H3,(H2,23,24,26). The molecule has 0 aromatic heterocycles. The monoisotopic (exact) mass is 368 g/mol. The number of ketones is 1. The molecule has 2 rings (SSSR count). The highest BCUT2D eigenvalue weighted by molar-refractivity contribution is 7.80. The van der Waals surface area contributed by atoms with Gasteiger partial charge in [-0.2, -0.15) is 0 Å². The highest BCUT2D eigenvalue weighted by atomic mass is 32.1. The molecule has 0 bridgehead atoms. The summed E-state index contributed by atoms with van der Waals surface area (Å²) >= 11 is 5.30. The van der Waals surface area contributed by atoms with Crippen LogP contribution in [0.3, 0.4) is 0 Å². The van der Waals surface area contributed by atoms with Crippen molar-refractivity contribution in [3.63, 3.8) is 0 Å². The van der Waals surface area contributed by atoms with Crippen molar-refractivity contribution >= 4 is 28.8 Å². The van der Waals surface area contributed by atoms with Gasteiger partial charge in [-0.25, -0.2) is 0 Å². The third-order valence-electron chi connectivity index (χ3n) is 4.07. The minimum Gasteiger partial charge on any atom is -0.362 e. The number of thiocarbonyl (C=S) groups is 1. The summed E-state index contributed by atoms with van der Waals surface area (Å²) < 4.78 is 0. The molecule has 138 valence electrons. The third-order valence-corrected chi connectivity index (χ3v) is 4.31. The Bertz CT molecular complexity index is 773. The van der Waals surface area contributed by atoms with E-state index in [9.17, 15) is 4.79 Å². The van der Waals surface area contributed by atoms with Gasteiger partial charge in [0.1, 0.15) is 0 Å². The summed E-state index contributed by atoms with van der Waals surface area (Å²) in [6, 6.07) is 15.3. The summed E-state index contributed by atoms with van der Waals surface area (Å²) in [5.41, 5.74) is 3.43. The van der Waals surface area contributed by atoms with Crippen molar-refractivity contribution in [2.75, 3.05) is 11.9 Å². The summed E-state index contributed by atoms with van der Waals surface area (Å²) in [4.78, 5) is 12.8.